The summed E-state index contributed by atoms with van der Waals surface area (Å²) in [7, 11) is 0. The van der Waals surface area contributed by atoms with Gasteiger partial charge < -0.3 is 15.4 Å². The van der Waals surface area contributed by atoms with Gasteiger partial charge in [-0.2, -0.15) is 0 Å². The fourth-order valence-electron chi connectivity index (χ4n) is 2.46. The average Bonchev–Trinajstić information content (AvgIpc) is 2.51. The van der Waals surface area contributed by atoms with E-state index >= 15 is 0 Å². The summed E-state index contributed by atoms with van der Waals surface area (Å²) in [5.74, 6) is 0.342. The predicted molar refractivity (Wildman–Crippen MR) is 88.7 cm³/mol. The molecular formula is C18H18N2O3. The molecule has 0 aliphatic carbocycles. The Hall–Kier alpha value is -2.82. The second-order valence-corrected chi connectivity index (χ2v) is 5.62. The van der Waals surface area contributed by atoms with E-state index < -0.39 is 6.10 Å². The van der Waals surface area contributed by atoms with Crippen molar-refractivity contribution in [2.75, 3.05) is 10.6 Å². The SMILES string of the molecule is Cc1ccccc1NC(=O)Cc1ccc2c(c1)NC(=O)C(C)O2. The van der Waals surface area contributed by atoms with Crippen LogP contribution >= 0.6 is 0 Å². The zero-order valence-electron chi connectivity index (χ0n) is 13.1. The van der Waals surface area contributed by atoms with Crippen molar-refractivity contribution in [3.63, 3.8) is 0 Å². The Morgan fingerprint density at radius 3 is 2.83 bits per heavy atom. The summed E-state index contributed by atoms with van der Waals surface area (Å²) in [5.41, 5.74) is 3.24. The van der Waals surface area contributed by atoms with Crippen LogP contribution in [0, 0.1) is 6.92 Å². The van der Waals surface area contributed by atoms with E-state index in [9.17, 15) is 9.59 Å². The van der Waals surface area contributed by atoms with Gasteiger partial charge in [0.1, 0.15) is 5.75 Å². The molecule has 0 aromatic heterocycles. The van der Waals surface area contributed by atoms with Crippen molar-refractivity contribution in [2.24, 2.45) is 0 Å². The number of anilines is 2. The Bertz CT molecular complexity index is 771. The Morgan fingerprint density at radius 2 is 2.04 bits per heavy atom. The lowest BCUT2D eigenvalue weighted by Gasteiger charge is -2.23. The molecule has 0 spiro atoms. The Morgan fingerprint density at radius 1 is 1.26 bits per heavy atom. The highest BCUT2D eigenvalue weighted by Gasteiger charge is 2.23. The van der Waals surface area contributed by atoms with Crippen LogP contribution in [0.5, 0.6) is 5.75 Å². The Balaban J connectivity index is 1.71. The highest BCUT2D eigenvalue weighted by atomic mass is 16.5. The lowest BCUT2D eigenvalue weighted by molar-refractivity contribution is -0.122. The van der Waals surface area contributed by atoms with Crippen LogP contribution in [0.4, 0.5) is 11.4 Å². The van der Waals surface area contributed by atoms with E-state index in [1.807, 2.05) is 37.3 Å². The summed E-state index contributed by atoms with van der Waals surface area (Å²) in [5, 5.41) is 5.68. The molecule has 5 nitrogen and oxygen atoms in total. The molecule has 2 amide bonds. The minimum absolute atomic E-state index is 0.101. The molecule has 1 aliphatic rings. The minimum atomic E-state index is -0.502. The number of ether oxygens (including phenoxy) is 1. The number of benzene rings is 2. The van der Waals surface area contributed by atoms with Gasteiger partial charge in [0.15, 0.2) is 6.10 Å². The zero-order chi connectivity index (χ0) is 16.4. The summed E-state index contributed by atoms with van der Waals surface area (Å²) in [6, 6.07) is 13.0. The molecule has 0 saturated carbocycles. The lowest BCUT2D eigenvalue weighted by Crippen LogP contribution is -2.34. The molecule has 2 aromatic rings. The first-order valence-electron chi connectivity index (χ1n) is 7.49. The van der Waals surface area contributed by atoms with Gasteiger partial charge in [0, 0.05) is 5.69 Å². The molecule has 0 radical (unpaired) electrons. The van der Waals surface area contributed by atoms with Crippen LogP contribution in [0.3, 0.4) is 0 Å². The number of hydrogen-bond donors (Lipinski definition) is 2. The second kappa shape index (κ2) is 6.12. The molecule has 1 heterocycles. The van der Waals surface area contributed by atoms with Crippen LogP contribution in [0.2, 0.25) is 0 Å². The maximum Gasteiger partial charge on any atom is 0.265 e. The monoisotopic (exact) mass is 310 g/mol. The number of amides is 2. The minimum Gasteiger partial charge on any atom is -0.479 e. The maximum atomic E-state index is 12.2. The molecule has 1 aliphatic heterocycles. The summed E-state index contributed by atoms with van der Waals surface area (Å²) >= 11 is 0. The van der Waals surface area contributed by atoms with Crippen molar-refractivity contribution in [1.29, 1.82) is 0 Å². The molecule has 23 heavy (non-hydrogen) atoms. The van der Waals surface area contributed by atoms with E-state index in [0.717, 1.165) is 16.8 Å². The molecule has 5 heteroatoms. The molecule has 2 aromatic carbocycles. The lowest BCUT2D eigenvalue weighted by atomic mass is 10.1. The molecular weight excluding hydrogens is 292 g/mol. The van der Waals surface area contributed by atoms with Gasteiger partial charge >= 0.3 is 0 Å². The smallest absolute Gasteiger partial charge is 0.265 e. The third-order valence-electron chi connectivity index (χ3n) is 3.76. The van der Waals surface area contributed by atoms with Gasteiger partial charge in [0.2, 0.25) is 5.91 Å². The fraction of sp³-hybridized carbons (Fsp3) is 0.222. The fourth-order valence-corrected chi connectivity index (χ4v) is 2.46. The number of nitrogens with one attached hydrogen (secondary N) is 2. The number of para-hydroxylation sites is 1. The first-order valence-corrected chi connectivity index (χ1v) is 7.49. The largest absolute Gasteiger partial charge is 0.479 e. The van der Waals surface area contributed by atoms with Gasteiger partial charge in [-0.3, -0.25) is 9.59 Å². The van der Waals surface area contributed by atoms with Crippen molar-refractivity contribution in [3.8, 4) is 5.75 Å². The first kappa shape index (κ1) is 15.1. The van der Waals surface area contributed by atoms with Crippen LogP contribution in [0.25, 0.3) is 0 Å². The van der Waals surface area contributed by atoms with E-state index in [1.165, 1.54) is 0 Å². The van der Waals surface area contributed by atoms with E-state index in [0.29, 0.717) is 11.4 Å². The van der Waals surface area contributed by atoms with Gasteiger partial charge in [-0.05, 0) is 43.2 Å². The van der Waals surface area contributed by atoms with Crippen molar-refractivity contribution in [1.82, 2.24) is 0 Å². The van der Waals surface area contributed by atoms with Gasteiger partial charge in [-0.25, -0.2) is 0 Å². The summed E-state index contributed by atoms with van der Waals surface area (Å²) in [6.45, 7) is 3.64. The predicted octanol–water partition coefficient (Wildman–Crippen LogP) is 2.90. The Kier molecular flexibility index (Phi) is 4.02. The molecule has 3 rings (SSSR count). The molecule has 0 fully saturated rings. The number of rotatable bonds is 3. The number of aryl methyl sites for hydroxylation is 1. The van der Waals surface area contributed by atoms with Gasteiger partial charge in [0.05, 0.1) is 12.1 Å². The van der Waals surface area contributed by atoms with Crippen molar-refractivity contribution >= 4 is 23.2 Å². The van der Waals surface area contributed by atoms with Gasteiger partial charge in [-0.1, -0.05) is 24.3 Å². The first-order chi connectivity index (χ1) is 11.0. The molecule has 0 saturated heterocycles. The molecule has 1 unspecified atom stereocenters. The molecule has 0 bridgehead atoms. The highest BCUT2D eigenvalue weighted by Crippen LogP contribution is 2.30. The van der Waals surface area contributed by atoms with E-state index in [4.69, 9.17) is 4.74 Å². The zero-order valence-corrected chi connectivity index (χ0v) is 13.1. The standard InChI is InChI=1S/C18H18N2O3/c1-11-5-3-4-6-14(11)19-17(21)10-13-7-8-16-15(9-13)20-18(22)12(2)23-16/h3-9,12H,10H2,1-2H3,(H,19,21)(H,20,22). The van der Waals surface area contributed by atoms with E-state index in [-0.39, 0.29) is 18.2 Å². The summed E-state index contributed by atoms with van der Waals surface area (Å²) in [4.78, 5) is 23.8. The van der Waals surface area contributed by atoms with Crippen LogP contribution in [-0.2, 0) is 16.0 Å². The van der Waals surface area contributed by atoms with Crippen molar-refractivity contribution in [2.45, 2.75) is 26.4 Å². The summed E-state index contributed by atoms with van der Waals surface area (Å²) < 4.78 is 5.50. The van der Waals surface area contributed by atoms with Gasteiger partial charge in [0.25, 0.3) is 5.91 Å². The van der Waals surface area contributed by atoms with Crippen molar-refractivity contribution in [3.05, 3.63) is 53.6 Å². The number of carbonyl (C=O) groups is 2. The molecule has 1 atom stereocenters. The quantitative estimate of drug-likeness (QED) is 0.916. The van der Waals surface area contributed by atoms with Crippen LogP contribution < -0.4 is 15.4 Å². The highest BCUT2D eigenvalue weighted by molar-refractivity contribution is 5.98. The average molecular weight is 310 g/mol. The third kappa shape index (κ3) is 3.34. The van der Waals surface area contributed by atoms with Crippen molar-refractivity contribution < 1.29 is 14.3 Å². The molecule has 2 N–H and O–H groups in total. The Labute approximate surface area is 134 Å². The van der Waals surface area contributed by atoms with Crippen LogP contribution in [-0.4, -0.2) is 17.9 Å². The molecule has 118 valence electrons. The number of fused-ring (bicyclic) bond motifs is 1. The van der Waals surface area contributed by atoms with Crippen LogP contribution in [0.1, 0.15) is 18.1 Å². The maximum absolute atomic E-state index is 12.2. The summed E-state index contributed by atoms with van der Waals surface area (Å²) in [6.07, 6.45) is -0.273. The topological polar surface area (TPSA) is 67.4 Å². The normalized spacial score (nSPS) is 16.1. The second-order valence-electron chi connectivity index (χ2n) is 5.62. The number of hydrogen-bond acceptors (Lipinski definition) is 3. The van der Waals surface area contributed by atoms with E-state index in [2.05, 4.69) is 10.6 Å². The van der Waals surface area contributed by atoms with Crippen LogP contribution in [0.15, 0.2) is 42.5 Å². The van der Waals surface area contributed by atoms with E-state index in [1.54, 1.807) is 19.1 Å². The van der Waals surface area contributed by atoms with Gasteiger partial charge in [-0.15, -0.1) is 0 Å². The number of carbonyl (C=O) groups excluding carboxylic acids is 2. The third-order valence-corrected chi connectivity index (χ3v) is 3.76.